The smallest absolute Gasteiger partial charge is 0.338 e. The van der Waals surface area contributed by atoms with Crippen molar-refractivity contribution >= 4 is 45.2 Å². The first kappa shape index (κ1) is 17.4. The Labute approximate surface area is 161 Å². The van der Waals surface area contributed by atoms with E-state index >= 15 is 0 Å². The average Bonchev–Trinajstić information content (AvgIpc) is 3.13. The minimum Gasteiger partial charge on any atom is -0.462 e. The van der Waals surface area contributed by atoms with Gasteiger partial charge in [-0.05, 0) is 36.8 Å². The summed E-state index contributed by atoms with van der Waals surface area (Å²) in [5.41, 5.74) is 4.64. The summed E-state index contributed by atoms with van der Waals surface area (Å²) in [5.74, 6) is -0.337. The molecule has 0 spiro atoms. The number of H-pyrrole nitrogens is 1. The molecule has 0 saturated heterocycles. The van der Waals surface area contributed by atoms with Crippen molar-refractivity contribution in [1.82, 2.24) is 9.97 Å². The van der Waals surface area contributed by atoms with E-state index in [1.54, 1.807) is 19.1 Å². The number of hydrogen-bond acceptors (Lipinski definition) is 4. The molecule has 0 aliphatic carbocycles. The van der Waals surface area contributed by atoms with Crippen molar-refractivity contribution in [3.63, 3.8) is 0 Å². The van der Waals surface area contributed by atoms with Crippen LogP contribution in [0.5, 0.6) is 0 Å². The SMILES string of the molecule is CCOC(=O)c1cccc(-c2cc3c(Cl)c4cccc(NC)c4nc3[nH]2)c1. The number of carbonyl (C=O) groups excluding carboxylic acids is 1. The summed E-state index contributed by atoms with van der Waals surface area (Å²) < 4.78 is 5.09. The molecule has 6 heteroatoms. The van der Waals surface area contributed by atoms with Crippen molar-refractivity contribution in [2.75, 3.05) is 19.0 Å². The lowest BCUT2D eigenvalue weighted by Gasteiger charge is -2.06. The monoisotopic (exact) mass is 379 g/mol. The first-order valence-corrected chi connectivity index (χ1v) is 9.06. The summed E-state index contributed by atoms with van der Waals surface area (Å²) in [6.07, 6.45) is 0. The molecule has 0 amide bonds. The quantitative estimate of drug-likeness (QED) is 0.475. The van der Waals surface area contributed by atoms with Gasteiger partial charge in [-0.3, -0.25) is 0 Å². The largest absolute Gasteiger partial charge is 0.462 e. The summed E-state index contributed by atoms with van der Waals surface area (Å²) in [6, 6.07) is 15.1. The number of para-hydroxylation sites is 1. The number of esters is 1. The van der Waals surface area contributed by atoms with Gasteiger partial charge in [0.05, 0.1) is 28.4 Å². The Morgan fingerprint density at radius 1 is 1.19 bits per heavy atom. The summed E-state index contributed by atoms with van der Waals surface area (Å²) in [6.45, 7) is 2.13. The molecule has 0 aliphatic rings. The lowest BCUT2D eigenvalue weighted by molar-refractivity contribution is 0.0526. The van der Waals surface area contributed by atoms with Gasteiger partial charge in [0.1, 0.15) is 5.65 Å². The van der Waals surface area contributed by atoms with Gasteiger partial charge in [-0.15, -0.1) is 0 Å². The Bertz CT molecular complexity index is 1170. The summed E-state index contributed by atoms with van der Waals surface area (Å²) in [4.78, 5) is 20.1. The molecule has 2 aromatic carbocycles. The van der Waals surface area contributed by atoms with E-state index < -0.39 is 0 Å². The normalized spacial score (nSPS) is 11.1. The van der Waals surface area contributed by atoms with Crippen LogP contribution in [0.25, 0.3) is 33.2 Å². The van der Waals surface area contributed by atoms with E-state index in [2.05, 4.69) is 10.3 Å². The number of nitrogens with zero attached hydrogens (tertiary/aromatic N) is 1. The van der Waals surface area contributed by atoms with Gasteiger partial charge in [-0.1, -0.05) is 35.9 Å². The topological polar surface area (TPSA) is 67.0 Å². The highest BCUT2D eigenvalue weighted by Crippen LogP contribution is 2.35. The van der Waals surface area contributed by atoms with Crippen molar-refractivity contribution in [3.05, 3.63) is 59.1 Å². The zero-order valence-electron chi connectivity index (χ0n) is 15.0. The summed E-state index contributed by atoms with van der Waals surface area (Å²) in [5, 5.41) is 5.53. The third kappa shape index (κ3) is 3.00. The molecule has 0 fully saturated rings. The number of halogens is 1. The van der Waals surface area contributed by atoms with Crippen molar-refractivity contribution in [2.45, 2.75) is 6.92 Å². The highest BCUT2D eigenvalue weighted by Gasteiger charge is 2.14. The Kier molecular flexibility index (Phi) is 4.46. The van der Waals surface area contributed by atoms with E-state index in [1.807, 2.05) is 43.4 Å². The molecule has 0 saturated carbocycles. The second-order valence-electron chi connectivity index (χ2n) is 6.12. The molecule has 0 radical (unpaired) electrons. The van der Waals surface area contributed by atoms with Crippen LogP contribution in [0.1, 0.15) is 17.3 Å². The third-order valence-corrected chi connectivity index (χ3v) is 4.89. The van der Waals surface area contributed by atoms with E-state index in [4.69, 9.17) is 21.3 Å². The lowest BCUT2D eigenvalue weighted by atomic mass is 10.1. The molecule has 2 heterocycles. The number of carbonyl (C=O) groups is 1. The van der Waals surface area contributed by atoms with E-state index in [-0.39, 0.29) is 5.97 Å². The Morgan fingerprint density at radius 2 is 2.00 bits per heavy atom. The van der Waals surface area contributed by atoms with Crippen molar-refractivity contribution in [3.8, 4) is 11.3 Å². The average molecular weight is 380 g/mol. The van der Waals surface area contributed by atoms with Gasteiger partial charge in [-0.2, -0.15) is 0 Å². The maximum Gasteiger partial charge on any atom is 0.338 e. The number of pyridine rings is 1. The lowest BCUT2D eigenvalue weighted by Crippen LogP contribution is -2.04. The fraction of sp³-hybridized carbons (Fsp3) is 0.143. The number of rotatable bonds is 4. The molecule has 2 aromatic heterocycles. The maximum absolute atomic E-state index is 12.0. The molecule has 5 nitrogen and oxygen atoms in total. The van der Waals surface area contributed by atoms with Gasteiger partial charge in [0.2, 0.25) is 0 Å². The molecule has 136 valence electrons. The third-order valence-electron chi connectivity index (χ3n) is 4.48. The zero-order chi connectivity index (χ0) is 19.0. The predicted octanol–water partition coefficient (Wildman–Crippen LogP) is 5.25. The Hall–Kier alpha value is -3.05. The van der Waals surface area contributed by atoms with E-state index in [0.29, 0.717) is 22.8 Å². The number of benzene rings is 2. The molecule has 0 atom stereocenters. The Morgan fingerprint density at radius 3 is 2.78 bits per heavy atom. The van der Waals surface area contributed by atoms with Crippen LogP contribution in [0.2, 0.25) is 5.02 Å². The molecule has 2 N–H and O–H groups in total. The first-order valence-electron chi connectivity index (χ1n) is 8.68. The standard InChI is InChI=1S/C21H18ClN3O2/c1-3-27-21(26)13-7-4-6-12(10-13)17-11-15-18(22)14-8-5-9-16(23-2)19(14)25-20(15)24-17/h4-11,23H,3H2,1-2H3,(H,24,25). The molecule has 4 aromatic rings. The van der Waals surface area contributed by atoms with Crippen molar-refractivity contribution < 1.29 is 9.53 Å². The molecule has 4 rings (SSSR count). The van der Waals surface area contributed by atoms with Crippen LogP contribution < -0.4 is 5.32 Å². The molecular weight excluding hydrogens is 362 g/mol. The van der Waals surface area contributed by atoms with E-state index in [0.717, 1.165) is 33.2 Å². The minimum absolute atomic E-state index is 0.337. The van der Waals surface area contributed by atoms with Gasteiger partial charge in [-0.25, -0.2) is 9.78 Å². The van der Waals surface area contributed by atoms with Gasteiger partial charge in [0.25, 0.3) is 0 Å². The maximum atomic E-state index is 12.0. The minimum atomic E-state index is -0.337. The van der Waals surface area contributed by atoms with Crippen LogP contribution in [-0.2, 0) is 4.74 Å². The molecule has 27 heavy (non-hydrogen) atoms. The highest BCUT2D eigenvalue weighted by atomic mass is 35.5. The van der Waals surface area contributed by atoms with Crippen LogP contribution in [0.3, 0.4) is 0 Å². The first-order chi connectivity index (χ1) is 13.1. The van der Waals surface area contributed by atoms with Crippen LogP contribution in [0.4, 0.5) is 5.69 Å². The molecule has 0 aliphatic heterocycles. The second kappa shape index (κ2) is 6.93. The van der Waals surface area contributed by atoms with E-state index in [1.165, 1.54) is 0 Å². The number of hydrogen-bond donors (Lipinski definition) is 2. The van der Waals surface area contributed by atoms with Crippen molar-refractivity contribution in [2.24, 2.45) is 0 Å². The summed E-state index contributed by atoms with van der Waals surface area (Å²) in [7, 11) is 1.86. The molecule has 0 unspecified atom stereocenters. The van der Waals surface area contributed by atoms with Gasteiger partial charge >= 0.3 is 5.97 Å². The summed E-state index contributed by atoms with van der Waals surface area (Å²) >= 11 is 6.67. The Balaban J connectivity index is 1.87. The number of aromatic nitrogens is 2. The van der Waals surface area contributed by atoms with Crippen LogP contribution in [0.15, 0.2) is 48.5 Å². The molecular formula is C21H18ClN3O2. The van der Waals surface area contributed by atoms with Gasteiger partial charge in [0.15, 0.2) is 0 Å². The number of ether oxygens (including phenoxy) is 1. The number of aromatic amines is 1. The molecule has 0 bridgehead atoms. The number of anilines is 1. The number of fused-ring (bicyclic) bond motifs is 2. The van der Waals surface area contributed by atoms with Gasteiger partial charge < -0.3 is 15.0 Å². The highest BCUT2D eigenvalue weighted by molar-refractivity contribution is 6.40. The predicted molar refractivity (Wildman–Crippen MR) is 110 cm³/mol. The van der Waals surface area contributed by atoms with Crippen LogP contribution in [0, 0.1) is 0 Å². The van der Waals surface area contributed by atoms with Crippen molar-refractivity contribution in [1.29, 1.82) is 0 Å². The second-order valence-corrected chi connectivity index (χ2v) is 6.50. The van der Waals surface area contributed by atoms with Crippen LogP contribution >= 0.6 is 11.6 Å². The van der Waals surface area contributed by atoms with Crippen LogP contribution in [-0.4, -0.2) is 29.6 Å². The fourth-order valence-corrected chi connectivity index (χ4v) is 3.48. The van der Waals surface area contributed by atoms with E-state index in [9.17, 15) is 4.79 Å². The fourth-order valence-electron chi connectivity index (χ4n) is 3.18. The van der Waals surface area contributed by atoms with Gasteiger partial charge in [0, 0.05) is 23.5 Å². The number of nitrogens with one attached hydrogen (secondary N) is 2. The zero-order valence-corrected chi connectivity index (χ0v) is 15.7.